The Labute approximate surface area is 170 Å². The minimum Gasteiger partial charge on any atom is -0.486 e. The SMILES string of the molecule is CCN(CC1COc2ccccc2O1)C(=O)c1cccc(N2CCCS2(=O)=O)c1. The number of nitrogens with zero attached hydrogens (tertiary/aromatic N) is 2. The molecular weight excluding hydrogens is 392 g/mol. The molecule has 0 bridgehead atoms. The lowest BCUT2D eigenvalue weighted by atomic mass is 10.1. The van der Waals surface area contributed by atoms with Gasteiger partial charge in [-0.15, -0.1) is 0 Å². The quantitative estimate of drug-likeness (QED) is 0.749. The van der Waals surface area contributed by atoms with Crippen LogP contribution in [-0.4, -0.2) is 57.3 Å². The van der Waals surface area contributed by atoms with Crippen molar-refractivity contribution in [3.8, 4) is 11.5 Å². The van der Waals surface area contributed by atoms with E-state index in [9.17, 15) is 13.2 Å². The molecule has 154 valence electrons. The summed E-state index contributed by atoms with van der Waals surface area (Å²) in [7, 11) is -3.29. The molecule has 4 rings (SSSR count). The van der Waals surface area contributed by atoms with Crippen LogP contribution in [0.15, 0.2) is 48.5 Å². The summed E-state index contributed by atoms with van der Waals surface area (Å²) < 4.78 is 37.5. The number of anilines is 1. The van der Waals surface area contributed by atoms with E-state index in [2.05, 4.69) is 0 Å². The molecule has 2 aliphatic heterocycles. The Morgan fingerprint density at radius 3 is 2.69 bits per heavy atom. The van der Waals surface area contributed by atoms with Crippen LogP contribution in [0.4, 0.5) is 5.69 Å². The fraction of sp³-hybridized carbons (Fsp3) is 0.381. The standard InChI is InChI=1S/C21H24N2O5S/c1-2-22(14-18-15-27-19-9-3-4-10-20(19)28-18)21(24)16-7-5-8-17(13-16)23-11-6-12-29(23,25)26/h3-5,7-10,13,18H,2,6,11-12,14-15H2,1H3. The van der Waals surface area contributed by atoms with E-state index < -0.39 is 10.0 Å². The third kappa shape index (κ3) is 4.03. The molecule has 2 heterocycles. The van der Waals surface area contributed by atoms with Crippen molar-refractivity contribution in [3.63, 3.8) is 0 Å². The van der Waals surface area contributed by atoms with Crippen LogP contribution >= 0.6 is 0 Å². The van der Waals surface area contributed by atoms with Gasteiger partial charge in [0, 0.05) is 18.7 Å². The van der Waals surface area contributed by atoms with Crippen molar-refractivity contribution in [3.05, 3.63) is 54.1 Å². The predicted molar refractivity (Wildman–Crippen MR) is 110 cm³/mol. The Hall–Kier alpha value is -2.74. The number of hydrogen-bond donors (Lipinski definition) is 0. The number of benzene rings is 2. The van der Waals surface area contributed by atoms with Gasteiger partial charge in [0.15, 0.2) is 17.6 Å². The van der Waals surface area contributed by atoms with Crippen LogP contribution in [0.25, 0.3) is 0 Å². The van der Waals surface area contributed by atoms with Gasteiger partial charge in [-0.25, -0.2) is 8.42 Å². The highest BCUT2D eigenvalue weighted by Gasteiger charge is 2.30. The molecule has 1 atom stereocenters. The van der Waals surface area contributed by atoms with E-state index in [0.717, 1.165) is 0 Å². The lowest BCUT2D eigenvalue weighted by molar-refractivity contribution is 0.0475. The van der Waals surface area contributed by atoms with E-state index in [1.807, 2.05) is 31.2 Å². The number of hydrogen-bond acceptors (Lipinski definition) is 5. The monoisotopic (exact) mass is 416 g/mol. The first-order valence-corrected chi connectivity index (χ1v) is 11.4. The Morgan fingerprint density at radius 2 is 1.97 bits per heavy atom. The van der Waals surface area contributed by atoms with Crippen molar-refractivity contribution < 1.29 is 22.7 Å². The van der Waals surface area contributed by atoms with Gasteiger partial charge in [0.25, 0.3) is 5.91 Å². The number of fused-ring (bicyclic) bond motifs is 1. The van der Waals surface area contributed by atoms with Gasteiger partial charge in [-0.3, -0.25) is 9.10 Å². The summed E-state index contributed by atoms with van der Waals surface area (Å²) in [5.74, 6) is 1.37. The molecule has 2 aliphatic rings. The molecule has 2 aromatic carbocycles. The highest BCUT2D eigenvalue weighted by molar-refractivity contribution is 7.93. The van der Waals surface area contributed by atoms with Crippen LogP contribution in [0.1, 0.15) is 23.7 Å². The van der Waals surface area contributed by atoms with Gasteiger partial charge < -0.3 is 14.4 Å². The van der Waals surface area contributed by atoms with E-state index in [1.54, 1.807) is 29.2 Å². The molecule has 0 spiro atoms. The van der Waals surface area contributed by atoms with Crippen LogP contribution in [0.2, 0.25) is 0 Å². The van der Waals surface area contributed by atoms with Crippen LogP contribution < -0.4 is 13.8 Å². The van der Waals surface area contributed by atoms with Gasteiger partial charge in [-0.05, 0) is 43.7 Å². The van der Waals surface area contributed by atoms with E-state index >= 15 is 0 Å². The molecule has 1 unspecified atom stereocenters. The number of likely N-dealkylation sites (N-methyl/N-ethyl adjacent to an activating group) is 1. The van der Waals surface area contributed by atoms with Gasteiger partial charge in [-0.2, -0.15) is 0 Å². The van der Waals surface area contributed by atoms with E-state index in [1.165, 1.54) is 4.31 Å². The van der Waals surface area contributed by atoms with Crippen LogP contribution in [0, 0.1) is 0 Å². The van der Waals surface area contributed by atoms with Crippen molar-refractivity contribution in [2.45, 2.75) is 19.4 Å². The number of carbonyl (C=O) groups is 1. The zero-order valence-corrected chi connectivity index (χ0v) is 17.1. The first-order valence-electron chi connectivity index (χ1n) is 9.76. The number of para-hydroxylation sites is 2. The topological polar surface area (TPSA) is 76.2 Å². The summed E-state index contributed by atoms with van der Waals surface area (Å²) >= 11 is 0. The van der Waals surface area contributed by atoms with Crippen molar-refractivity contribution >= 4 is 21.6 Å². The van der Waals surface area contributed by atoms with Crippen molar-refractivity contribution in [1.29, 1.82) is 0 Å². The average molecular weight is 416 g/mol. The van der Waals surface area contributed by atoms with Crippen LogP contribution in [0.3, 0.4) is 0 Å². The lowest BCUT2D eigenvalue weighted by Crippen LogP contribution is -2.43. The van der Waals surface area contributed by atoms with E-state index in [-0.39, 0.29) is 17.8 Å². The summed E-state index contributed by atoms with van der Waals surface area (Å²) in [6.45, 7) is 3.61. The maximum absolute atomic E-state index is 13.1. The molecule has 0 N–H and O–H groups in total. The zero-order valence-electron chi connectivity index (χ0n) is 16.3. The second-order valence-electron chi connectivity index (χ2n) is 7.13. The smallest absolute Gasteiger partial charge is 0.254 e. The third-order valence-electron chi connectivity index (χ3n) is 5.14. The molecular formula is C21H24N2O5S. The normalized spacial score (nSPS) is 19.8. The molecule has 29 heavy (non-hydrogen) atoms. The molecule has 1 saturated heterocycles. The fourth-order valence-corrected chi connectivity index (χ4v) is 5.22. The Kier molecular flexibility index (Phi) is 5.36. The molecule has 1 amide bonds. The molecule has 1 fully saturated rings. The maximum Gasteiger partial charge on any atom is 0.254 e. The maximum atomic E-state index is 13.1. The second-order valence-corrected chi connectivity index (χ2v) is 9.15. The summed E-state index contributed by atoms with van der Waals surface area (Å²) in [6.07, 6.45) is 0.332. The third-order valence-corrected chi connectivity index (χ3v) is 7.01. The molecule has 0 aromatic heterocycles. The summed E-state index contributed by atoms with van der Waals surface area (Å²) in [5.41, 5.74) is 0.999. The highest BCUT2D eigenvalue weighted by Crippen LogP contribution is 2.31. The molecule has 7 nitrogen and oxygen atoms in total. The first-order chi connectivity index (χ1) is 14.0. The Bertz CT molecular complexity index is 1010. The molecule has 0 saturated carbocycles. The van der Waals surface area contributed by atoms with Crippen LogP contribution in [-0.2, 0) is 10.0 Å². The van der Waals surface area contributed by atoms with Gasteiger partial charge in [-0.1, -0.05) is 18.2 Å². The van der Waals surface area contributed by atoms with Crippen molar-refractivity contribution in [2.24, 2.45) is 0 Å². The number of amides is 1. The largest absolute Gasteiger partial charge is 0.486 e. The van der Waals surface area contributed by atoms with Crippen molar-refractivity contribution in [2.75, 3.05) is 36.3 Å². The fourth-order valence-electron chi connectivity index (χ4n) is 3.66. The predicted octanol–water partition coefficient (Wildman–Crippen LogP) is 2.53. The molecule has 8 heteroatoms. The lowest BCUT2D eigenvalue weighted by Gasteiger charge is -2.31. The minimum absolute atomic E-state index is 0.146. The summed E-state index contributed by atoms with van der Waals surface area (Å²) in [5, 5.41) is 0. The van der Waals surface area contributed by atoms with Gasteiger partial charge in [0.05, 0.1) is 18.0 Å². The summed E-state index contributed by atoms with van der Waals surface area (Å²) in [6, 6.07) is 14.3. The highest BCUT2D eigenvalue weighted by atomic mass is 32.2. The molecule has 0 radical (unpaired) electrons. The average Bonchev–Trinajstić information content (AvgIpc) is 3.10. The van der Waals surface area contributed by atoms with Gasteiger partial charge >= 0.3 is 0 Å². The molecule has 0 aliphatic carbocycles. The van der Waals surface area contributed by atoms with Gasteiger partial charge in [0.1, 0.15) is 6.61 Å². The number of carbonyl (C=O) groups excluding carboxylic acids is 1. The van der Waals surface area contributed by atoms with Gasteiger partial charge in [0.2, 0.25) is 10.0 Å². The Morgan fingerprint density at radius 1 is 1.17 bits per heavy atom. The number of sulfonamides is 1. The minimum atomic E-state index is -3.29. The molecule has 2 aromatic rings. The zero-order chi connectivity index (χ0) is 20.4. The first kappa shape index (κ1) is 19.6. The number of rotatable bonds is 5. The Balaban J connectivity index is 1.49. The van der Waals surface area contributed by atoms with E-state index in [0.29, 0.717) is 55.4 Å². The van der Waals surface area contributed by atoms with Crippen molar-refractivity contribution in [1.82, 2.24) is 4.90 Å². The second kappa shape index (κ2) is 7.94. The summed E-state index contributed by atoms with van der Waals surface area (Å²) in [4.78, 5) is 14.8. The number of ether oxygens (including phenoxy) is 2. The van der Waals surface area contributed by atoms with E-state index in [4.69, 9.17) is 9.47 Å². The van der Waals surface area contributed by atoms with Crippen LogP contribution in [0.5, 0.6) is 11.5 Å².